The molecule has 0 aliphatic heterocycles. The van der Waals surface area contributed by atoms with Crippen LogP contribution in [-0.2, 0) is 0 Å². The van der Waals surface area contributed by atoms with Crippen LogP contribution in [0.2, 0.25) is 0 Å². The molecular formula is C27H32O6. The summed E-state index contributed by atoms with van der Waals surface area (Å²) in [5, 5.41) is 0.464. The van der Waals surface area contributed by atoms with Gasteiger partial charge in [0.25, 0.3) is 0 Å². The van der Waals surface area contributed by atoms with E-state index in [0.29, 0.717) is 23.3 Å². The zero-order valence-corrected chi connectivity index (χ0v) is 19.4. The highest BCUT2D eigenvalue weighted by molar-refractivity contribution is 5.95. The summed E-state index contributed by atoms with van der Waals surface area (Å²) >= 11 is 0. The van der Waals surface area contributed by atoms with Crippen LogP contribution in [0, 0.1) is 0 Å². The smallest absolute Gasteiger partial charge is 0.383 e. The monoisotopic (exact) mass is 452 g/mol. The summed E-state index contributed by atoms with van der Waals surface area (Å²) < 4.78 is 22.1. The number of methoxy groups -OCH3 is 1. The number of fused-ring (bicyclic) bond motifs is 1. The molecule has 0 spiro atoms. The number of hydrogen-bond donors (Lipinski definition) is 0. The van der Waals surface area contributed by atoms with E-state index in [1.807, 2.05) is 6.07 Å². The second kappa shape index (κ2) is 12.7. The van der Waals surface area contributed by atoms with Crippen molar-refractivity contribution in [3.8, 4) is 17.2 Å². The molecule has 2 aromatic carbocycles. The van der Waals surface area contributed by atoms with Crippen LogP contribution in [0.25, 0.3) is 11.0 Å². The van der Waals surface area contributed by atoms with Crippen LogP contribution in [-0.4, -0.2) is 19.7 Å². The second-order valence-corrected chi connectivity index (χ2v) is 7.99. The van der Waals surface area contributed by atoms with Crippen molar-refractivity contribution >= 4 is 16.9 Å². The standard InChI is InChI=1S/C27H32O6/c1-3-4-5-6-7-8-9-13-18-31-25-24(33-26(28)20-14-11-10-12-15-20)22-17-16-21(30-2)19-23(22)32-27(25)29/h10-12,14-17,19H,3-9,13,18H2,1-2H3. The van der Waals surface area contributed by atoms with Crippen molar-refractivity contribution < 1.29 is 23.4 Å². The van der Waals surface area contributed by atoms with Crippen LogP contribution in [0.4, 0.5) is 0 Å². The molecular weight excluding hydrogens is 420 g/mol. The summed E-state index contributed by atoms with van der Waals surface area (Å²) in [7, 11) is 1.52. The summed E-state index contributed by atoms with van der Waals surface area (Å²) in [5.41, 5.74) is -0.0535. The maximum atomic E-state index is 12.7. The van der Waals surface area contributed by atoms with Crippen molar-refractivity contribution in [2.45, 2.75) is 58.3 Å². The molecule has 0 N–H and O–H groups in total. The minimum absolute atomic E-state index is 0.0670. The Bertz CT molecular complexity index is 1090. The Labute approximate surface area is 194 Å². The predicted octanol–water partition coefficient (Wildman–Crippen LogP) is 6.54. The van der Waals surface area contributed by atoms with Gasteiger partial charge in [0.1, 0.15) is 11.3 Å². The van der Waals surface area contributed by atoms with Crippen LogP contribution in [0.15, 0.2) is 57.7 Å². The average Bonchev–Trinajstić information content (AvgIpc) is 2.84. The molecule has 3 aromatic rings. The molecule has 0 saturated heterocycles. The first-order chi connectivity index (χ1) is 16.1. The molecule has 0 aliphatic carbocycles. The molecule has 6 heteroatoms. The quantitative estimate of drug-likeness (QED) is 0.166. The van der Waals surface area contributed by atoms with Gasteiger partial charge in [0, 0.05) is 6.07 Å². The van der Waals surface area contributed by atoms with Crippen molar-refractivity contribution in [3.63, 3.8) is 0 Å². The first kappa shape index (κ1) is 24.4. The molecule has 33 heavy (non-hydrogen) atoms. The molecule has 0 amide bonds. The highest BCUT2D eigenvalue weighted by atomic mass is 16.6. The molecule has 0 atom stereocenters. The fraction of sp³-hybridized carbons (Fsp3) is 0.407. The number of benzene rings is 2. The Morgan fingerprint density at radius 3 is 2.27 bits per heavy atom. The van der Waals surface area contributed by atoms with Gasteiger partial charge in [-0.1, -0.05) is 70.1 Å². The van der Waals surface area contributed by atoms with Gasteiger partial charge in [-0.05, 0) is 30.7 Å². The topological polar surface area (TPSA) is 75.0 Å². The van der Waals surface area contributed by atoms with Gasteiger partial charge < -0.3 is 18.6 Å². The number of hydrogen-bond acceptors (Lipinski definition) is 6. The summed E-state index contributed by atoms with van der Waals surface area (Å²) in [6.45, 7) is 2.56. The number of esters is 1. The molecule has 0 bridgehead atoms. The van der Waals surface area contributed by atoms with Gasteiger partial charge >= 0.3 is 11.6 Å². The SMILES string of the molecule is CCCCCCCCCCOc1c(OC(=O)c2ccccc2)c2ccc(OC)cc2oc1=O. The van der Waals surface area contributed by atoms with E-state index in [0.717, 1.165) is 19.3 Å². The molecule has 0 unspecified atom stereocenters. The zero-order chi connectivity index (χ0) is 23.5. The molecule has 1 heterocycles. The van der Waals surface area contributed by atoms with E-state index < -0.39 is 11.6 Å². The van der Waals surface area contributed by atoms with E-state index >= 15 is 0 Å². The second-order valence-electron chi connectivity index (χ2n) is 7.99. The summed E-state index contributed by atoms with van der Waals surface area (Å²) in [6, 6.07) is 13.6. The third-order valence-corrected chi connectivity index (χ3v) is 5.48. The van der Waals surface area contributed by atoms with Crippen molar-refractivity contribution in [1.82, 2.24) is 0 Å². The summed E-state index contributed by atoms with van der Waals surface area (Å²) in [5.74, 6) is -0.0638. The predicted molar refractivity (Wildman–Crippen MR) is 129 cm³/mol. The lowest BCUT2D eigenvalue weighted by atomic mass is 10.1. The van der Waals surface area contributed by atoms with E-state index in [-0.39, 0.29) is 17.1 Å². The maximum Gasteiger partial charge on any atom is 0.383 e. The molecule has 0 saturated carbocycles. The summed E-state index contributed by atoms with van der Waals surface area (Å²) in [4.78, 5) is 25.4. The normalized spacial score (nSPS) is 10.8. The van der Waals surface area contributed by atoms with Crippen molar-refractivity contribution in [2.24, 2.45) is 0 Å². The van der Waals surface area contributed by atoms with E-state index in [2.05, 4.69) is 6.92 Å². The van der Waals surface area contributed by atoms with Gasteiger partial charge in [-0.3, -0.25) is 0 Å². The first-order valence-electron chi connectivity index (χ1n) is 11.7. The van der Waals surface area contributed by atoms with Crippen LogP contribution >= 0.6 is 0 Å². The lowest BCUT2D eigenvalue weighted by Gasteiger charge is -2.13. The van der Waals surface area contributed by atoms with Gasteiger partial charge in [-0.25, -0.2) is 9.59 Å². The number of rotatable bonds is 13. The average molecular weight is 453 g/mol. The summed E-state index contributed by atoms with van der Waals surface area (Å²) in [6.07, 6.45) is 9.23. The number of ether oxygens (including phenoxy) is 3. The van der Waals surface area contributed by atoms with Crippen molar-refractivity contribution in [3.05, 3.63) is 64.5 Å². The van der Waals surface area contributed by atoms with Crippen LogP contribution in [0.1, 0.15) is 68.6 Å². The van der Waals surface area contributed by atoms with Crippen molar-refractivity contribution in [2.75, 3.05) is 13.7 Å². The Morgan fingerprint density at radius 2 is 1.58 bits per heavy atom. The lowest BCUT2D eigenvalue weighted by molar-refractivity contribution is 0.0729. The zero-order valence-electron chi connectivity index (χ0n) is 19.4. The fourth-order valence-electron chi connectivity index (χ4n) is 3.62. The van der Waals surface area contributed by atoms with Gasteiger partial charge in [0.15, 0.2) is 5.75 Å². The van der Waals surface area contributed by atoms with Gasteiger partial charge in [0.2, 0.25) is 5.75 Å². The van der Waals surface area contributed by atoms with Crippen LogP contribution in [0.3, 0.4) is 0 Å². The molecule has 3 rings (SSSR count). The minimum atomic E-state index is -0.689. The molecule has 1 aromatic heterocycles. The maximum absolute atomic E-state index is 12.7. The fourth-order valence-corrected chi connectivity index (χ4v) is 3.62. The Morgan fingerprint density at radius 1 is 0.879 bits per heavy atom. The lowest BCUT2D eigenvalue weighted by Crippen LogP contribution is -2.15. The largest absolute Gasteiger partial charge is 0.497 e. The van der Waals surface area contributed by atoms with Crippen LogP contribution < -0.4 is 19.8 Å². The van der Waals surface area contributed by atoms with Gasteiger partial charge in [-0.2, -0.15) is 0 Å². The van der Waals surface area contributed by atoms with Crippen LogP contribution in [0.5, 0.6) is 17.2 Å². The van der Waals surface area contributed by atoms with E-state index in [9.17, 15) is 9.59 Å². The van der Waals surface area contributed by atoms with Gasteiger partial charge in [0.05, 0.1) is 24.7 Å². The van der Waals surface area contributed by atoms with Gasteiger partial charge in [-0.15, -0.1) is 0 Å². The highest BCUT2D eigenvalue weighted by Gasteiger charge is 2.21. The number of unbranched alkanes of at least 4 members (excludes halogenated alkanes) is 7. The van der Waals surface area contributed by atoms with Crippen molar-refractivity contribution in [1.29, 1.82) is 0 Å². The highest BCUT2D eigenvalue weighted by Crippen LogP contribution is 2.35. The Kier molecular flexibility index (Phi) is 9.36. The molecule has 0 radical (unpaired) electrons. The molecule has 6 nitrogen and oxygen atoms in total. The molecule has 0 aliphatic rings. The van der Waals surface area contributed by atoms with E-state index in [1.165, 1.54) is 39.2 Å². The number of carbonyl (C=O) groups is 1. The minimum Gasteiger partial charge on any atom is -0.497 e. The third-order valence-electron chi connectivity index (χ3n) is 5.48. The van der Waals surface area contributed by atoms with E-state index in [1.54, 1.807) is 42.5 Å². The van der Waals surface area contributed by atoms with E-state index in [4.69, 9.17) is 18.6 Å². The molecule has 0 fully saturated rings. The Balaban J connectivity index is 1.75. The first-order valence-corrected chi connectivity index (χ1v) is 11.7. The number of carbonyl (C=O) groups excluding carboxylic acids is 1. The molecule has 176 valence electrons. The Hall–Kier alpha value is -3.28. The third kappa shape index (κ3) is 6.85.